The summed E-state index contributed by atoms with van der Waals surface area (Å²) in [6, 6.07) is 1.35. The van der Waals surface area contributed by atoms with E-state index in [1.54, 1.807) is 0 Å². The molecule has 1 heterocycles. The molecule has 3 heteroatoms. The molecule has 17 heavy (non-hydrogen) atoms. The Hall–Kier alpha value is -0.120. The van der Waals surface area contributed by atoms with Gasteiger partial charge in [-0.2, -0.15) is 0 Å². The molecular weight excluding hydrogens is 212 g/mol. The molecular formula is C14H28N2O. The zero-order chi connectivity index (χ0) is 12.1. The summed E-state index contributed by atoms with van der Waals surface area (Å²) in [7, 11) is 1.86. The molecule has 1 aliphatic heterocycles. The highest BCUT2D eigenvalue weighted by Crippen LogP contribution is 2.22. The van der Waals surface area contributed by atoms with Gasteiger partial charge in [0.25, 0.3) is 0 Å². The highest BCUT2D eigenvalue weighted by molar-refractivity contribution is 4.86. The van der Waals surface area contributed by atoms with Crippen LogP contribution in [0.25, 0.3) is 0 Å². The van der Waals surface area contributed by atoms with Crippen LogP contribution < -0.4 is 5.32 Å². The molecule has 2 rings (SSSR count). The van der Waals surface area contributed by atoms with Crippen molar-refractivity contribution in [1.82, 2.24) is 10.2 Å². The molecule has 2 aliphatic rings. The SMILES string of the molecule is CCN1CCCC1CNC1CCCCC1OC. The second kappa shape index (κ2) is 6.72. The first-order valence-corrected chi connectivity index (χ1v) is 7.35. The fraction of sp³-hybridized carbons (Fsp3) is 1.00. The molecule has 0 spiro atoms. The van der Waals surface area contributed by atoms with E-state index in [9.17, 15) is 0 Å². The molecule has 0 aromatic rings. The standard InChI is InChI=1S/C14H28N2O/c1-3-16-10-6-7-12(16)11-15-13-8-4-5-9-14(13)17-2/h12-15H,3-11H2,1-2H3. The molecule has 0 aromatic heterocycles. The largest absolute Gasteiger partial charge is 0.380 e. The number of hydrogen-bond donors (Lipinski definition) is 1. The summed E-state index contributed by atoms with van der Waals surface area (Å²) in [5, 5.41) is 3.76. The van der Waals surface area contributed by atoms with E-state index in [-0.39, 0.29) is 0 Å². The molecule has 1 aliphatic carbocycles. The fourth-order valence-electron chi connectivity index (χ4n) is 3.44. The minimum atomic E-state index is 0.445. The second-order valence-corrected chi connectivity index (χ2v) is 5.50. The van der Waals surface area contributed by atoms with E-state index >= 15 is 0 Å². The first-order chi connectivity index (χ1) is 8.35. The zero-order valence-electron chi connectivity index (χ0n) is 11.5. The van der Waals surface area contributed by atoms with Gasteiger partial charge in [-0.1, -0.05) is 19.8 Å². The molecule has 100 valence electrons. The lowest BCUT2D eigenvalue weighted by Gasteiger charge is -2.33. The normalized spacial score (nSPS) is 35.3. The maximum absolute atomic E-state index is 5.60. The zero-order valence-corrected chi connectivity index (χ0v) is 11.5. The van der Waals surface area contributed by atoms with E-state index < -0.39 is 0 Å². The van der Waals surface area contributed by atoms with Crippen LogP contribution in [0, 0.1) is 0 Å². The van der Waals surface area contributed by atoms with Crippen molar-refractivity contribution in [2.24, 2.45) is 0 Å². The molecule has 3 unspecified atom stereocenters. The van der Waals surface area contributed by atoms with Crippen LogP contribution in [0.4, 0.5) is 0 Å². The van der Waals surface area contributed by atoms with Crippen molar-refractivity contribution in [3.63, 3.8) is 0 Å². The van der Waals surface area contributed by atoms with Crippen LogP contribution in [0.15, 0.2) is 0 Å². The minimum Gasteiger partial charge on any atom is -0.380 e. The summed E-state index contributed by atoms with van der Waals surface area (Å²) in [5.74, 6) is 0. The Morgan fingerprint density at radius 2 is 2.00 bits per heavy atom. The van der Waals surface area contributed by atoms with Crippen molar-refractivity contribution >= 4 is 0 Å². The average Bonchev–Trinajstić information content (AvgIpc) is 2.84. The van der Waals surface area contributed by atoms with Crippen LogP contribution in [0.1, 0.15) is 45.4 Å². The number of ether oxygens (including phenoxy) is 1. The molecule has 1 saturated carbocycles. The summed E-state index contributed by atoms with van der Waals surface area (Å²) in [5.41, 5.74) is 0. The van der Waals surface area contributed by atoms with E-state index in [1.807, 2.05) is 7.11 Å². The fourth-order valence-corrected chi connectivity index (χ4v) is 3.44. The van der Waals surface area contributed by atoms with E-state index in [1.165, 1.54) is 51.6 Å². The third kappa shape index (κ3) is 3.43. The van der Waals surface area contributed by atoms with Gasteiger partial charge >= 0.3 is 0 Å². The van der Waals surface area contributed by atoms with E-state index in [4.69, 9.17) is 4.74 Å². The monoisotopic (exact) mass is 240 g/mol. The third-order valence-corrected chi connectivity index (χ3v) is 4.53. The second-order valence-electron chi connectivity index (χ2n) is 5.50. The molecule has 3 nitrogen and oxygen atoms in total. The summed E-state index contributed by atoms with van der Waals surface area (Å²) in [6.07, 6.45) is 8.40. The van der Waals surface area contributed by atoms with Gasteiger partial charge in [0.05, 0.1) is 6.10 Å². The molecule has 0 aromatic carbocycles. The summed E-state index contributed by atoms with van der Waals surface area (Å²) >= 11 is 0. The topological polar surface area (TPSA) is 24.5 Å². The maximum atomic E-state index is 5.60. The van der Waals surface area contributed by atoms with Gasteiger partial charge < -0.3 is 10.1 Å². The number of likely N-dealkylation sites (tertiary alicyclic amines) is 1. The highest BCUT2D eigenvalue weighted by Gasteiger charge is 2.27. The first-order valence-electron chi connectivity index (χ1n) is 7.35. The van der Waals surface area contributed by atoms with Crippen molar-refractivity contribution in [3.05, 3.63) is 0 Å². The molecule has 0 amide bonds. The number of rotatable bonds is 5. The first kappa shape index (κ1) is 13.3. The van der Waals surface area contributed by atoms with Gasteiger partial charge in [0.1, 0.15) is 0 Å². The van der Waals surface area contributed by atoms with Crippen LogP contribution >= 0.6 is 0 Å². The average molecular weight is 240 g/mol. The van der Waals surface area contributed by atoms with Crippen molar-refractivity contribution in [2.75, 3.05) is 26.7 Å². The summed E-state index contributed by atoms with van der Waals surface area (Å²) < 4.78 is 5.60. The number of nitrogens with zero attached hydrogens (tertiary/aromatic N) is 1. The predicted octanol–water partition coefficient (Wildman–Crippen LogP) is 2.02. The van der Waals surface area contributed by atoms with Gasteiger partial charge in [-0.25, -0.2) is 0 Å². The minimum absolute atomic E-state index is 0.445. The Labute approximate surface area is 106 Å². The van der Waals surface area contributed by atoms with Crippen LogP contribution in [-0.2, 0) is 4.74 Å². The lowest BCUT2D eigenvalue weighted by Crippen LogP contribution is -2.48. The lowest BCUT2D eigenvalue weighted by atomic mass is 9.92. The summed E-state index contributed by atoms with van der Waals surface area (Å²) in [6.45, 7) is 5.92. The Morgan fingerprint density at radius 1 is 1.18 bits per heavy atom. The van der Waals surface area contributed by atoms with Gasteiger partial charge in [-0.05, 0) is 38.8 Å². The van der Waals surface area contributed by atoms with E-state index in [0.29, 0.717) is 12.1 Å². The molecule has 2 fully saturated rings. The van der Waals surface area contributed by atoms with Crippen LogP contribution in [0.3, 0.4) is 0 Å². The molecule has 1 N–H and O–H groups in total. The van der Waals surface area contributed by atoms with Crippen molar-refractivity contribution < 1.29 is 4.74 Å². The van der Waals surface area contributed by atoms with Crippen LogP contribution in [-0.4, -0.2) is 49.8 Å². The number of nitrogens with one attached hydrogen (secondary N) is 1. The number of methoxy groups -OCH3 is 1. The summed E-state index contributed by atoms with van der Waals surface area (Å²) in [4.78, 5) is 2.61. The molecule has 0 radical (unpaired) electrons. The highest BCUT2D eigenvalue weighted by atomic mass is 16.5. The molecule has 3 atom stereocenters. The van der Waals surface area contributed by atoms with E-state index in [2.05, 4.69) is 17.1 Å². The Balaban J connectivity index is 1.76. The van der Waals surface area contributed by atoms with Crippen molar-refractivity contribution in [1.29, 1.82) is 0 Å². The number of likely N-dealkylation sites (N-methyl/N-ethyl adjacent to an activating group) is 1. The van der Waals surface area contributed by atoms with Gasteiger partial charge in [0, 0.05) is 25.7 Å². The van der Waals surface area contributed by atoms with Crippen molar-refractivity contribution in [3.8, 4) is 0 Å². The van der Waals surface area contributed by atoms with Gasteiger partial charge in [0.2, 0.25) is 0 Å². The Morgan fingerprint density at radius 3 is 2.76 bits per heavy atom. The lowest BCUT2D eigenvalue weighted by molar-refractivity contribution is 0.0397. The predicted molar refractivity (Wildman–Crippen MR) is 71.3 cm³/mol. The van der Waals surface area contributed by atoms with Gasteiger partial charge in [-0.15, -0.1) is 0 Å². The van der Waals surface area contributed by atoms with Crippen LogP contribution in [0.5, 0.6) is 0 Å². The van der Waals surface area contributed by atoms with Crippen molar-refractivity contribution in [2.45, 2.75) is 63.6 Å². The van der Waals surface area contributed by atoms with Gasteiger partial charge in [0.15, 0.2) is 0 Å². The molecule has 0 bridgehead atoms. The number of hydrogen-bond acceptors (Lipinski definition) is 3. The quantitative estimate of drug-likeness (QED) is 0.795. The Bertz CT molecular complexity index is 222. The van der Waals surface area contributed by atoms with Crippen LogP contribution in [0.2, 0.25) is 0 Å². The molecule has 1 saturated heterocycles. The van der Waals surface area contributed by atoms with Gasteiger partial charge in [-0.3, -0.25) is 4.90 Å². The van der Waals surface area contributed by atoms with E-state index in [0.717, 1.165) is 12.6 Å². The smallest absolute Gasteiger partial charge is 0.0724 e. The maximum Gasteiger partial charge on any atom is 0.0724 e. The third-order valence-electron chi connectivity index (χ3n) is 4.53. The Kier molecular flexibility index (Phi) is 5.26.